The molecule has 2 aliphatic rings. The summed E-state index contributed by atoms with van der Waals surface area (Å²) in [6, 6.07) is 11.2. The van der Waals surface area contributed by atoms with Gasteiger partial charge in [-0.15, -0.1) is 0 Å². The van der Waals surface area contributed by atoms with Crippen molar-refractivity contribution < 1.29 is 0 Å². The molecule has 1 saturated carbocycles. The zero-order valence-corrected chi connectivity index (χ0v) is 11.4. The fourth-order valence-electron chi connectivity index (χ4n) is 3.82. The van der Waals surface area contributed by atoms with E-state index in [2.05, 4.69) is 35.2 Å². The molecule has 0 aromatic heterocycles. The van der Waals surface area contributed by atoms with Crippen LogP contribution in [0.2, 0.25) is 0 Å². The molecule has 1 nitrogen and oxygen atoms in total. The third kappa shape index (κ3) is 2.95. The van der Waals surface area contributed by atoms with Crippen molar-refractivity contribution >= 4 is 0 Å². The van der Waals surface area contributed by atoms with Crippen molar-refractivity contribution in [3.8, 4) is 0 Å². The van der Waals surface area contributed by atoms with Gasteiger partial charge in [0.1, 0.15) is 0 Å². The Balaban J connectivity index is 1.58. The van der Waals surface area contributed by atoms with Crippen molar-refractivity contribution in [3.05, 3.63) is 35.9 Å². The lowest BCUT2D eigenvalue weighted by Gasteiger charge is -2.32. The molecule has 0 bridgehead atoms. The van der Waals surface area contributed by atoms with Crippen LogP contribution in [0.25, 0.3) is 0 Å². The van der Waals surface area contributed by atoms with Gasteiger partial charge >= 0.3 is 0 Å². The van der Waals surface area contributed by atoms with Gasteiger partial charge in [-0.2, -0.15) is 0 Å². The Morgan fingerprint density at radius 1 is 0.944 bits per heavy atom. The minimum absolute atomic E-state index is 0.826. The number of hydrogen-bond donors (Lipinski definition) is 0. The van der Waals surface area contributed by atoms with E-state index in [1.54, 1.807) is 5.56 Å². The predicted molar refractivity (Wildman–Crippen MR) is 76.8 cm³/mol. The van der Waals surface area contributed by atoms with E-state index in [0.717, 1.165) is 11.8 Å². The first-order chi connectivity index (χ1) is 8.92. The summed E-state index contributed by atoms with van der Waals surface area (Å²) in [4.78, 5) is 2.69. The SMILES string of the molecule is c1ccc([C@H]2CCC[C@H](CN3CCCC3)C2)cc1. The second kappa shape index (κ2) is 5.88. The smallest absolute Gasteiger partial charge is 0.000987 e. The van der Waals surface area contributed by atoms with Crippen molar-refractivity contribution in [1.29, 1.82) is 0 Å². The van der Waals surface area contributed by atoms with Gasteiger partial charge in [0.2, 0.25) is 0 Å². The van der Waals surface area contributed by atoms with Crippen LogP contribution in [-0.4, -0.2) is 24.5 Å². The molecular weight excluding hydrogens is 218 g/mol. The summed E-state index contributed by atoms with van der Waals surface area (Å²) in [6.07, 6.45) is 8.56. The van der Waals surface area contributed by atoms with Crippen molar-refractivity contribution in [1.82, 2.24) is 4.90 Å². The summed E-state index contributed by atoms with van der Waals surface area (Å²) < 4.78 is 0. The second-order valence-electron chi connectivity index (χ2n) is 6.15. The Morgan fingerprint density at radius 3 is 2.50 bits per heavy atom. The molecule has 1 aliphatic carbocycles. The number of benzene rings is 1. The van der Waals surface area contributed by atoms with Crippen LogP contribution >= 0.6 is 0 Å². The molecule has 1 aromatic rings. The molecule has 0 unspecified atom stereocenters. The fourth-order valence-corrected chi connectivity index (χ4v) is 3.82. The number of rotatable bonds is 3. The Bertz CT molecular complexity index is 353. The van der Waals surface area contributed by atoms with E-state index in [4.69, 9.17) is 0 Å². The predicted octanol–water partition coefficient (Wildman–Crippen LogP) is 4.06. The zero-order valence-electron chi connectivity index (χ0n) is 11.4. The summed E-state index contributed by atoms with van der Waals surface area (Å²) in [7, 11) is 0. The Hall–Kier alpha value is -0.820. The largest absolute Gasteiger partial charge is 0.303 e. The Morgan fingerprint density at radius 2 is 1.72 bits per heavy atom. The highest BCUT2D eigenvalue weighted by Crippen LogP contribution is 2.36. The van der Waals surface area contributed by atoms with Gasteiger partial charge in [0, 0.05) is 6.54 Å². The minimum Gasteiger partial charge on any atom is -0.303 e. The van der Waals surface area contributed by atoms with Crippen LogP contribution in [0.15, 0.2) is 30.3 Å². The third-order valence-corrected chi connectivity index (χ3v) is 4.77. The first-order valence-corrected chi connectivity index (χ1v) is 7.69. The average molecular weight is 243 g/mol. The molecule has 0 N–H and O–H groups in total. The topological polar surface area (TPSA) is 3.24 Å². The lowest BCUT2D eigenvalue weighted by Crippen LogP contribution is -2.29. The van der Waals surface area contributed by atoms with Gasteiger partial charge in [-0.05, 0) is 62.6 Å². The van der Waals surface area contributed by atoms with E-state index in [1.165, 1.54) is 58.2 Å². The number of hydrogen-bond acceptors (Lipinski definition) is 1. The van der Waals surface area contributed by atoms with Gasteiger partial charge in [-0.3, -0.25) is 0 Å². The molecule has 1 aliphatic heterocycles. The van der Waals surface area contributed by atoms with Gasteiger partial charge in [-0.1, -0.05) is 36.8 Å². The highest BCUT2D eigenvalue weighted by molar-refractivity contribution is 5.20. The van der Waals surface area contributed by atoms with Crippen LogP contribution in [0, 0.1) is 5.92 Å². The minimum atomic E-state index is 0.826. The normalized spacial score (nSPS) is 29.6. The third-order valence-electron chi connectivity index (χ3n) is 4.77. The van der Waals surface area contributed by atoms with Crippen LogP contribution in [0.4, 0.5) is 0 Å². The standard InChI is InChI=1S/C17H25N/c1-2-8-16(9-3-1)17-10-6-7-15(13-17)14-18-11-4-5-12-18/h1-3,8-9,15,17H,4-7,10-14H2/t15-,17-/m0/s1. The first-order valence-electron chi connectivity index (χ1n) is 7.69. The number of nitrogens with zero attached hydrogens (tertiary/aromatic N) is 1. The van der Waals surface area contributed by atoms with Gasteiger partial charge < -0.3 is 4.90 Å². The summed E-state index contributed by atoms with van der Waals surface area (Å²) in [5.74, 6) is 1.77. The maximum atomic E-state index is 2.69. The van der Waals surface area contributed by atoms with Crippen LogP contribution < -0.4 is 0 Å². The van der Waals surface area contributed by atoms with E-state index in [0.29, 0.717) is 0 Å². The lowest BCUT2D eigenvalue weighted by atomic mass is 9.78. The highest BCUT2D eigenvalue weighted by Gasteiger charge is 2.25. The van der Waals surface area contributed by atoms with E-state index < -0.39 is 0 Å². The van der Waals surface area contributed by atoms with E-state index in [1.807, 2.05) is 0 Å². The lowest BCUT2D eigenvalue weighted by molar-refractivity contribution is 0.221. The second-order valence-corrected chi connectivity index (χ2v) is 6.15. The molecule has 1 aromatic carbocycles. The van der Waals surface area contributed by atoms with Crippen molar-refractivity contribution in [2.75, 3.05) is 19.6 Å². The molecule has 2 atom stereocenters. The molecule has 0 amide bonds. The van der Waals surface area contributed by atoms with E-state index >= 15 is 0 Å². The van der Waals surface area contributed by atoms with Gasteiger partial charge in [0.25, 0.3) is 0 Å². The molecule has 0 radical (unpaired) electrons. The summed E-state index contributed by atoms with van der Waals surface area (Å²) in [6.45, 7) is 4.07. The molecule has 0 spiro atoms. The Labute approximate surface area is 111 Å². The van der Waals surface area contributed by atoms with E-state index in [9.17, 15) is 0 Å². The van der Waals surface area contributed by atoms with Gasteiger partial charge in [-0.25, -0.2) is 0 Å². The molecule has 18 heavy (non-hydrogen) atoms. The molecule has 1 heterocycles. The van der Waals surface area contributed by atoms with Gasteiger partial charge in [0.05, 0.1) is 0 Å². The Kier molecular flexibility index (Phi) is 3.99. The van der Waals surface area contributed by atoms with Crippen LogP contribution in [0.3, 0.4) is 0 Å². The number of likely N-dealkylation sites (tertiary alicyclic amines) is 1. The van der Waals surface area contributed by atoms with Crippen LogP contribution in [0.5, 0.6) is 0 Å². The summed E-state index contributed by atoms with van der Waals surface area (Å²) >= 11 is 0. The van der Waals surface area contributed by atoms with Crippen LogP contribution in [0.1, 0.15) is 50.0 Å². The fraction of sp³-hybridized carbons (Fsp3) is 0.647. The monoisotopic (exact) mass is 243 g/mol. The van der Waals surface area contributed by atoms with Crippen LogP contribution in [-0.2, 0) is 0 Å². The molecule has 1 heteroatoms. The summed E-state index contributed by atoms with van der Waals surface area (Å²) in [5, 5.41) is 0. The quantitative estimate of drug-likeness (QED) is 0.774. The average Bonchev–Trinajstić information content (AvgIpc) is 2.93. The molecule has 98 valence electrons. The van der Waals surface area contributed by atoms with Crippen molar-refractivity contribution in [2.45, 2.75) is 44.4 Å². The maximum absolute atomic E-state index is 2.69. The maximum Gasteiger partial charge on any atom is 0.000987 e. The van der Waals surface area contributed by atoms with Crippen molar-refractivity contribution in [3.63, 3.8) is 0 Å². The zero-order chi connectivity index (χ0) is 12.2. The molecule has 1 saturated heterocycles. The van der Waals surface area contributed by atoms with Gasteiger partial charge in [0.15, 0.2) is 0 Å². The first kappa shape index (κ1) is 12.2. The van der Waals surface area contributed by atoms with E-state index in [-0.39, 0.29) is 0 Å². The summed E-state index contributed by atoms with van der Waals surface area (Å²) in [5.41, 5.74) is 1.57. The highest BCUT2D eigenvalue weighted by atomic mass is 15.1. The molecular formula is C17H25N. The molecule has 3 rings (SSSR count). The van der Waals surface area contributed by atoms with Crippen molar-refractivity contribution in [2.24, 2.45) is 5.92 Å². The molecule has 2 fully saturated rings.